The van der Waals surface area contributed by atoms with E-state index in [0.717, 1.165) is 50.1 Å². The SMILES string of the molecule is CC1CCc2c(Cl)nc(C3CCOCC3)n2C1. The van der Waals surface area contributed by atoms with Gasteiger partial charge in [-0.3, -0.25) is 0 Å². The van der Waals surface area contributed by atoms with E-state index in [1.165, 1.54) is 17.9 Å². The van der Waals surface area contributed by atoms with Gasteiger partial charge in [0.05, 0.1) is 5.69 Å². The molecule has 0 amide bonds. The lowest BCUT2D eigenvalue weighted by atomic mass is 9.97. The Kier molecular flexibility index (Phi) is 3.14. The van der Waals surface area contributed by atoms with Gasteiger partial charge < -0.3 is 9.30 Å². The normalized spacial score (nSPS) is 25.9. The molecule has 1 aromatic heterocycles. The summed E-state index contributed by atoms with van der Waals surface area (Å²) in [6.07, 6.45) is 4.48. The van der Waals surface area contributed by atoms with Gasteiger partial charge in [0.25, 0.3) is 0 Å². The van der Waals surface area contributed by atoms with Crippen molar-refractivity contribution in [3.63, 3.8) is 0 Å². The van der Waals surface area contributed by atoms with Crippen LogP contribution in [0.25, 0.3) is 0 Å². The molecule has 4 heteroatoms. The maximum absolute atomic E-state index is 6.27. The van der Waals surface area contributed by atoms with Crippen LogP contribution in [0.15, 0.2) is 0 Å². The molecule has 0 bridgehead atoms. The molecule has 1 unspecified atom stereocenters. The lowest BCUT2D eigenvalue weighted by Crippen LogP contribution is -2.23. The molecule has 0 aromatic carbocycles. The molecule has 2 aliphatic heterocycles. The van der Waals surface area contributed by atoms with E-state index in [4.69, 9.17) is 16.3 Å². The van der Waals surface area contributed by atoms with Gasteiger partial charge in [-0.15, -0.1) is 0 Å². The van der Waals surface area contributed by atoms with Crippen LogP contribution in [0.3, 0.4) is 0 Å². The molecule has 1 saturated heterocycles. The van der Waals surface area contributed by atoms with Gasteiger partial charge in [-0.1, -0.05) is 18.5 Å². The van der Waals surface area contributed by atoms with Gasteiger partial charge in [0, 0.05) is 25.7 Å². The Morgan fingerprint density at radius 1 is 1.29 bits per heavy atom. The Labute approximate surface area is 107 Å². The number of hydrogen-bond donors (Lipinski definition) is 0. The zero-order chi connectivity index (χ0) is 11.8. The maximum Gasteiger partial charge on any atom is 0.150 e. The van der Waals surface area contributed by atoms with Crippen molar-refractivity contribution in [1.82, 2.24) is 9.55 Å². The number of ether oxygens (including phenoxy) is 1. The minimum absolute atomic E-state index is 0.542. The second kappa shape index (κ2) is 4.62. The van der Waals surface area contributed by atoms with Crippen molar-refractivity contribution in [3.8, 4) is 0 Å². The summed E-state index contributed by atoms with van der Waals surface area (Å²) in [5, 5.41) is 0.735. The topological polar surface area (TPSA) is 27.1 Å². The Morgan fingerprint density at radius 2 is 2.06 bits per heavy atom. The minimum Gasteiger partial charge on any atom is -0.381 e. The smallest absolute Gasteiger partial charge is 0.150 e. The molecule has 3 heterocycles. The lowest BCUT2D eigenvalue weighted by Gasteiger charge is -2.27. The molecule has 3 nitrogen and oxygen atoms in total. The molecule has 0 aliphatic carbocycles. The van der Waals surface area contributed by atoms with E-state index in [1.807, 2.05) is 0 Å². The number of imidazole rings is 1. The second-order valence-electron chi connectivity index (χ2n) is 5.35. The van der Waals surface area contributed by atoms with Crippen LogP contribution in [0.4, 0.5) is 0 Å². The third-order valence-electron chi connectivity index (χ3n) is 4.01. The highest BCUT2D eigenvalue weighted by Crippen LogP contribution is 2.33. The summed E-state index contributed by atoms with van der Waals surface area (Å²) in [4.78, 5) is 4.62. The molecule has 94 valence electrons. The van der Waals surface area contributed by atoms with Crippen LogP contribution in [0.2, 0.25) is 5.15 Å². The van der Waals surface area contributed by atoms with Crippen molar-refractivity contribution < 1.29 is 4.74 Å². The van der Waals surface area contributed by atoms with E-state index >= 15 is 0 Å². The fourth-order valence-corrected chi connectivity index (χ4v) is 3.25. The van der Waals surface area contributed by atoms with E-state index in [9.17, 15) is 0 Å². The largest absolute Gasteiger partial charge is 0.381 e. The van der Waals surface area contributed by atoms with Crippen LogP contribution in [0.1, 0.15) is 43.6 Å². The summed E-state index contributed by atoms with van der Waals surface area (Å²) >= 11 is 6.27. The molecule has 0 spiro atoms. The highest BCUT2D eigenvalue weighted by Gasteiger charge is 2.27. The Balaban J connectivity index is 1.93. The summed E-state index contributed by atoms with van der Waals surface area (Å²) in [6.45, 7) is 5.12. The Bertz CT molecular complexity index is 410. The van der Waals surface area contributed by atoms with Crippen molar-refractivity contribution in [1.29, 1.82) is 0 Å². The molecule has 1 aromatic rings. The first kappa shape index (κ1) is 11.5. The van der Waals surface area contributed by atoms with Gasteiger partial charge in [-0.2, -0.15) is 0 Å². The van der Waals surface area contributed by atoms with Crippen LogP contribution < -0.4 is 0 Å². The summed E-state index contributed by atoms with van der Waals surface area (Å²) in [5.74, 6) is 2.49. The molecule has 0 saturated carbocycles. The lowest BCUT2D eigenvalue weighted by molar-refractivity contribution is 0.0824. The number of fused-ring (bicyclic) bond motifs is 1. The summed E-state index contributed by atoms with van der Waals surface area (Å²) < 4.78 is 7.80. The van der Waals surface area contributed by atoms with Gasteiger partial charge in [0.1, 0.15) is 5.82 Å². The third-order valence-corrected chi connectivity index (χ3v) is 4.31. The van der Waals surface area contributed by atoms with Gasteiger partial charge in [0.15, 0.2) is 5.15 Å². The van der Waals surface area contributed by atoms with Crippen molar-refractivity contribution in [3.05, 3.63) is 16.7 Å². The van der Waals surface area contributed by atoms with Crippen LogP contribution in [0, 0.1) is 5.92 Å². The molecule has 0 radical (unpaired) electrons. The average Bonchev–Trinajstić information content (AvgIpc) is 2.67. The fourth-order valence-electron chi connectivity index (χ4n) is 2.97. The summed E-state index contributed by atoms with van der Waals surface area (Å²) in [7, 11) is 0. The molecule has 2 aliphatic rings. The van der Waals surface area contributed by atoms with E-state index < -0.39 is 0 Å². The first-order valence-corrected chi connectivity index (χ1v) is 6.96. The van der Waals surface area contributed by atoms with Crippen molar-refractivity contribution in [2.24, 2.45) is 5.92 Å². The quantitative estimate of drug-likeness (QED) is 0.770. The van der Waals surface area contributed by atoms with Gasteiger partial charge in [-0.05, 0) is 31.6 Å². The van der Waals surface area contributed by atoms with Crippen LogP contribution in [-0.2, 0) is 17.7 Å². The first-order chi connectivity index (χ1) is 8.25. The predicted octanol–water partition coefficient (Wildman–Crippen LogP) is 3.01. The molecule has 17 heavy (non-hydrogen) atoms. The van der Waals surface area contributed by atoms with E-state index in [1.54, 1.807) is 0 Å². The highest BCUT2D eigenvalue weighted by molar-refractivity contribution is 6.30. The number of nitrogens with zero attached hydrogens (tertiary/aromatic N) is 2. The molecule has 0 N–H and O–H groups in total. The van der Waals surface area contributed by atoms with Crippen LogP contribution in [-0.4, -0.2) is 22.8 Å². The van der Waals surface area contributed by atoms with Gasteiger partial charge >= 0.3 is 0 Å². The summed E-state index contributed by atoms with van der Waals surface area (Å²) in [6, 6.07) is 0. The summed E-state index contributed by atoms with van der Waals surface area (Å²) in [5.41, 5.74) is 1.26. The van der Waals surface area contributed by atoms with Crippen LogP contribution in [0.5, 0.6) is 0 Å². The standard InChI is InChI=1S/C13H19ClN2O/c1-9-2-3-11-12(14)15-13(16(11)8-9)10-4-6-17-7-5-10/h9-10H,2-8H2,1H3. The van der Waals surface area contributed by atoms with Crippen molar-refractivity contribution >= 4 is 11.6 Å². The second-order valence-corrected chi connectivity index (χ2v) is 5.71. The maximum atomic E-state index is 6.27. The van der Waals surface area contributed by atoms with Crippen LogP contribution >= 0.6 is 11.6 Å². The molecular formula is C13H19ClN2O. The van der Waals surface area contributed by atoms with Gasteiger partial charge in [-0.25, -0.2) is 4.98 Å². The van der Waals surface area contributed by atoms with Gasteiger partial charge in [0.2, 0.25) is 0 Å². The third kappa shape index (κ3) is 2.11. The highest BCUT2D eigenvalue weighted by atomic mass is 35.5. The number of halogens is 1. The van der Waals surface area contributed by atoms with Crippen molar-refractivity contribution in [2.45, 2.75) is 45.1 Å². The number of aromatic nitrogens is 2. The van der Waals surface area contributed by atoms with E-state index in [2.05, 4.69) is 16.5 Å². The monoisotopic (exact) mass is 254 g/mol. The first-order valence-electron chi connectivity index (χ1n) is 6.58. The predicted molar refractivity (Wildman–Crippen MR) is 67.5 cm³/mol. The zero-order valence-corrected chi connectivity index (χ0v) is 11.0. The number of rotatable bonds is 1. The Hall–Kier alpha value is -0.540. The molecular weight excluding hydrogens is 236 g/mol. The minimum atomic E-state index is 0.542. The molecule has 1 fully saturated rings. The van der Waals surface area contributed by atoms with E-state index in [-0.39, 0.29) is 0 Å². The van der Waals surface area contributed by atoms with E-state index in [0.29, 0.717) is 5.92 Å². The number of hydrogen-bond acceptors (Lipinski definition) is 2. The molecule has 3 rings (SSSR count). The Morgan fingerprint density at radius 3 is 2.82 bits per heavy atom. The van der Waals surface area contributed by atoms with Crippen molar-refractivity contribution in [2.75, 3.05) is 13.2 Å². The fraction of sp³-hybridized carbons (Fsp3) is 0.769. The average molecular weight is 255 g/mol. The zero-order valence-electron chi connectivity index (χ0n) is 10.3. The molecule has 1 atom stereocenters.